The number of hydrazine groups is 1. The van der Waals surface area contributed by atoms with E-state index in [0.29, 0.717) is 12.2 Å². The molecule has 1 amide bonds. The molecule has 1 unspecified atom stereocenters. The Hall–Kier alpha value is -4.24. The lowest BCUT2D eigenvalue weighted by atomic mass is 9.93. The summed E-state index contributed by atoms with van der Waals surface area (Å²) in [5.74, 6) is -2.08. The van der Waals surface area contributed by atoms with E-state index in [1.165, 1.54) is 0 Å². The topological polar surface area (TPSA) is 101 Å². The molecular formula is C28H30N4O5. The van der Waals surface area contributed by atoms with E-state index >= 15 is 0 Å². The van der Waals surface area contributed by atoms with Crippen molar-refractivity contribution in [1.82, 2.24) is 15.0 Å². The number of aromatic nitrogens is 1. The van der Waals surface area contributed by atoms with Gasteiger partial charge in [-0.25, -0.2) is 24.4 Å². The van der Waals surface area contributed by atoms with Crippen molar-refractivity contribution in [2.75, 3.05) is 18.9 Å². The van der Waals surface area contributed by atoms with Crippen molar-refractivity contribution in [1.29, 1.82) is 0 Å². The molecule has 0 aliphatic carbocycles. The Morgan fingerprint density at radius 3 is 2.41 bits per heavy atom. The second-order valence-corrected chi connectivity index (χ2v) is 9.69. The molecular weight excluding hydrogens is 472 g/mol. The first-order valence-corrected chi connectivity index (χ1v) is 12.0. The molecule has 0 fully saturated rings. The minimum absolute atomic E-state index is 0.0194. The molecule has 1 aliphatic heterocycles. The van der Waals surface area contributed by atoms with Crippen molar-refractivity contribution in [3.05, 3.63) is 83.7 Å². The molecule has 4 rings (SSSR count). The number of hydrogen-bond acceptors (Lipinski definition) is 8. The number of fused-ring (bicyclic) bond motifs is 1. The normalized spacial score (nSPS) is 16.6. The molecule has 0 radical (unpaired) electrons. The number of anilines is 1. The van der Waals surface area contributed by atoms with Crippen LogP contribution in [-0.4, -0.2) is 46.4 Å². The van der Waals surface area contributed by atoms with Gasteiger partial charge in [0.1, 0.15) is 5.70 Å². The lowest BCUT2D eigenvalue weighted by Crippen LogP contribution is -2.53. The third kappa shape index (κ3) is 5.17. The highest BCUT2D eigenvalue weighted by molar-refractivity contribution is 6.08. The van der Waals surface area contributed by atoms with Gasteiger partial charge in [0.05, 0.1) is 22.5 Å². The van der Waals surface area contributed by atoms with Crippen molar-refractivity contribution in [3.8, 4) is 0 Å². The first-order chi connectivity index (χ1) is 17.6. The van der Waals surface area contributed by atoms with Crippen LogP contribution in [0, 0.1) is 5.41 Å². The standard InChI is InChI=1S/C28H30N4O5/c1-6-32-25(33)23(30-21-16-10-15-20-19(21)14-11-17-29-20)22(26(34)36-37-27(35)28(2,3)4)24(31(32)5)18-12-8-7-9-13-18/h7-17,24,30H,6H2,1-5H3. The Labute approximate surface area is 215 Å². The van der Waals surface area contributed by atoms with Crippen LogP contribution in [0.1, 0.15) is 39.3 Å². The van der Waals surface area contributed by atoms with Gasteiger partial charge in [0.2, 0.25) is 0 Å². The van der Waals surface area contributed by atoms with E-state index in [9.17, 15) is 14.4 Å². The molecule has 0 bridgehead atoms. The highest BCUT2D eigenvalue weighted by atomic mass is 17.2. The van der Waals surface area contributed by atoms with Crippen molar-refractivity contribution < 1.29 is 24.2 Å². The Morgan fingerprint density at radius 1 is 1.00 bits per heavy atom. The first kappa shape index (κ1) is 25.8. The predicted molar refractivity (Wildman–Crippen MR) is 138 cm³/mol. The van der Waals surface area contributed by atoms with Crippen LogP contribution in [-0.2, 0) is 24.2 Å². The summed E-state index contributed by atoms with van der Waals surface area (Å²) in [6.45, 7) is 7.15. The quantitative estimate of drug-likeness (QED) is 0.405. The minimum Gasteiger partial charge on any atom is -0.350 e. The largest absolute Gasteiger partial charge is 0.386 e. The summed E-state index contributed by atoms with van der Waals surface area (Å²) >= 11 is 0. The van der Waals surface area contributed by atoms with E-state index in [0.717, 1.165) is 16.5 Å². The molecule has 9 heteroatoms. The van der Waals surface area contributed by atoms with Gasteiger partial charge in [-0.2, -0.15) is 0 Å². The van der Waals surface area contributed by atoms with Crippen LogP contribution in [0.25, 0.3) is 10.9 Å². The Bertz CT molecular complexity index is 1360. The highest BCUT2D eigenvalue weighted by Gasteiger charge is 2.43. The fourth-order valence-corrected chi connectivity index (χ4v) is 4.16. The van der Waals surface area contributed by atoms with Crippen LogP contribution >= 0.6 is 0 Å². The van der Waals surface area contributed by atoms with Gasteiger partial charge in [0.25, 0.3) is 5.91 Å². The van der Waals surface area contributed by atoms with Crippen LogP contribution in [0.4, 0.5) is 5.69 Å². The SMILES string of the molecule is CCN1C(=O)C(Nc2cccc3ncccc23)=C(C(=O)OOC(=O)C(C)(C)C)C(c2ccccc2)N1C. The van der Waals surface area contributed by atoms with E-state index in [2.05, 4.69) is 10.3 Å². The number of nitrogens with one attached hydrogen (secondary N) is 1. The van der Waals surface area contributed by atoms with Crippen LogP contribution in [0.3, 0.4) is 0 Å². The molecule has 2 heterocycles. The van der Waals surface area contributed by atoms with Gasteiger partial charge in [-0.15, -0.1) is 0 Å². The van der Waals surface area contributed by atoms with Gasteiger partial charge >= 0.3 is 11.9 Å². The van der Waals surface area contributed by atoms with E-state index in [-0.39, 0.29) is 11.3 Å². The maximum Gasteiger partial charge on any atom is 0.386 e. The third-order valence-corrected chi connectivity index (χ3v) is 6.09. The van der Waals surface area contributed by atoms with Crippen molar-refractivity contribution in [2.24, 2.45) is 5.41 Å². The molecule has 37 heavy (non-hydrogen) atoms. The molecule has 0 saturated heterocycles. The molecule has 192 valence electrons. The van der Waals surface area contributed by atoms with E-state index in [1.807, 2.05) is 55.5 Å². The number of benzene rings is 2. The number of pyridine rings is 1. The number of nitrogens with zero attached hydrogens (tertiary/aromatic N) is 3. The summed E-state index contributed by atoms with van der Waals surface area (Å²) < 4.78 is 0. The summed E-state index contributed by atoms with van der Waals surface area (Å²) in [7, 11) is 1.73. The monoisotopic (exact) mass is 502 g/mol. The summed E-state index contributed by atoms with van der Waals surface area (Å²) in [6, 6.07) is 17.7. The van der Waals surface area contributed by atoms with E-state index in [1.54, 1.807) is 56.2 Å². The lowest BCUT2D eigenvalue weighted by molar-refractivity contribution is -0.262. The van der Waals surface area contributed by atoms with Crippen molar-refractivity contribution in [2.45, 2.75) is 33.7 Å². The van der Waals surface area contributed by atoms with Gasteiger partial charge in [0, 0.05) is 30.9 Å². The van der Waals surface area contributed by atoms with Crippen LogP contribution in [0.15, 0.2) is 78.1 Å². The zero-order chi connectivity index (χ0) is 26.7. The Balaban J connectivity index is 1.87. The Kier molecular flexibility index (Phi) is 7.26. The average molecular weight is 503 g/mol. The average Bonchev–Trinajstić information content (AvgIpc) is 2.88. The molecule has 9 nitrogen and oxygen atoms in total. The number of carbonyl (C=O) groups is 3. The number of amides is 1. The second-order valence-electron chi connectivity index (χ2n) is 9.69. The first-order valence-electron chi connectivity index (χ1n) is 12.0. The van der Waals surface area contributed by atoms with Gasteiger partial charge in [-0.05, 0) is 57.5 Å². The third-order valence-electron chi connectivity index (χ3n) is 6.09. The zero-order valence-corrected chi connectivity index (χ0v) is 21.5. The molecule has 2 aromatic carbocycles. The van der Waals surface area contributed by atoms with E-state index in [4.69, 9.17) is 9.78 Å². The summed E-state index contributed by atoms with van der Waals surface area (Å²) in [6.07, 6.45) is 1.68. The van der Waals surface area contributed by atoms with Crippen molar-refractivity contribution in [3.63, 3.8) is 0 Å². The molecule has 3 aromatic rings. The van der Waals surface area contributed by atoms with E-state index < -0.39 is 29.3 Å². The van der Waals surface area contributed by atoms with Crippen LogP contribution in [0.2, 0.25) is 0 Å². The zero-order valence-electron chi connectivity index (χ0n) is 21.5. The van der Waals surface area contributed by atoms with Gasteiger partial charge in [-0.3, -0.25) is 14.8 Å². The van der Waals surface area contributed by atoms with Crippen LogP contribution < -0.4 is 5.32 Å². The molecule has 1 N–H and O–H groups in total. The molecule has 1 aliphatic rings. The second kappa shape index (κ2) is 10.4. The predicted octanol–water partition coefficient (Wildman–Crippen LogP) is 4.40. The maximum absolute atomic E-state index is 13.7. The van der Waals surface area contributed by atoms with Gasteiger partial charge in [-0.1, -0.05) is 36.4 Å². The summed E-state index contributed by atoms with van der Waals surface area (Å²) in [5.41, 5.74) is 1.24. The molecule has 0 saturated carbocycles. The fraction of sp³-hybridized carbons (Fsp3) is 0.286. The van der Waals surface area contributed by atoms with Crippen LogP contribution in [0.5, 0.6) is 0 Å². The lowest BCUT2D eigenvalue weighted by Gasteiger charge is -2.42. The van der Waals surface area contributed by atoms with Crippen molar-refractivity contribution >= 4 is 34.4 Å². The van der Waals surface area contributed by atoms with Gasteiger partial charge < -0.3 is 5.32 Å². The molecule has 1 aromatic heterocycles. The molecule has 0 spiro atoms. The number of hydrogen-bond donors (Lipinski definition) is 1. The minimum atomic E-state index is -0.941. The summed E-state index contributed by atoms with van der Waals surface area (Å²) in [4.78, 5) is 53.9. The summed E-state index contributed by atoms with van der Waals surface area (Å²) in [5, 5.41) is 7.19. The Morgan fingerprint density at radius 2 is 1.73 bits per heavy atom. The maximum atomic E-state index is 13.7. The van der Waals surface area contributed by atoms with Gasteiger partial charge in [0.15, 0.2) is 0 Å². The fourth-order valence-electron chi connectivity index (χ4n) is 4.16. The highest BCUT2D eigenvalue weighted by Crippen LogP contribution is 2.37. The number of rotatable bonds is 5. The number of likely N-dealkylation sites (N-methyl/N-ethyl adjacent to an activating group) is 2. The number of carbonyl (C=O) groups excluding carboxylic acids is 3. The smallest absolute Gasteiger partial charge is 0.350 e. The molecule has 1 atom stereocenters.